The molecule has 2 aliphatic carbocycles. The van der Waals surface area contributed by atoms with Crippen molar-refractivity contribution in [2.75, 3.05) is 6.61 Å². The molecule has 0 bridgehead atoms. The van der Waals surface area contributed by atoms with Gasteiger partial charge in [0, 0.05) is 25.5 Å². The van der Waals surface area contributed by atoms with Crippen LogP contribution in [0.1, 0.15) is 47.4 Å². The van der Waals surface area contributed by atoms with Gasteiger partial charge in [-0.15, -0.1) is 5.10 Å². The fourth-order valence-corrected chi connectivity index (χ4v) is 5.57. The zero-order valence-electron chi connectivity index (χ0n) is 19.4. The number of pyridine rings is 1. The van der Waals surface area contributed by atoms with Gasteiger partial charge in [-0.05, 0) is 69.4 Å². The third kappa shape index (κ3) is 4.70. The molecule has 0 unspecified atom stereocenters. The molecule has 0 saturated heterocycles. The van der Waals surface area contributed by atoms with Gasteiger partial charge in [-0.1, -0.05) is 0 Å². The standard InChI is InChI=1S/C23H28N6O4S/c1-14-18(23(30)27-34(31,32)20-12-28(3)25-15(20)2)8-9-21(24-14)29-11-10-22(26-29)33-13-19(16-4-5-16)17-6-7-17/h8-12,16-17,19H,4-7,13H2,1-3H3,(H,27,30). The minimum atomic E-state index is -4.05. The summed E-state index contributed by atoms with van der Waals surface area (Å²) in [4.78, 5) is 17.1. The van der Waals surface area contributed by atoms with Crippen molar-refractivity contribution in [1.29, 1.82) is 0 Å². The number of amides is 1. The van der Waals surface area contributed by atoms with Crippen LogP contribution in [-0.4, -0.2) is 45.5 Å². The van der Waals surface area contributed by atoms with E-state index in [1.54, 1.807) is 43.9 Å². The SMILES string of the molecule is Cc1nc(-n2ccc(OCC(C3CC3)C3CC3)n2)ccc1C(=O)NS(=O)(=O)c1cn(C)nc1C. The third-order valence-electron chi connectivity index (χ3n) is 6.48. The van der Waals surface area contributed by atoms with Crippen molar-refractivity contribution in [3.05, 3.63) is 47.5 Å². The molecule has 0 aliphatic heterocycles. The number of nitrogens with one attached hydrogen (secondary N) is 1. The molecule has 0 spiro atoms. The van der Waals surface area contributed by atoms with Crippen molar-refractivity contribution in [3.63, 3.8) is 0 Å². The summed E-state index contributed by atoms with van der Waals surface area (Å²) in [5.41, 5.74) is 0.855. The highest BCUT2D eigenvalue weighted by atomic mass is 32.2. The van der Waals surface area contributed by atoms with Crippen LogP contribution in [0.3, 0.4) is 0 Å². The Morgan fingerprint density at radius 2 is 1.82 bits per heavy atom. The number of hydrogen-bond donors (Lipinski definition) is 1. The Bertz CT molecular complexity index is 1330. The summed E-state index contributed by atoms with van der Waals surface area (Å²) in [5.74, 6) is 2.55. The second kappa shape index (κ2) is 8.53. The Labute approximate surface area is 198 Å². The van der Waals surface area contributed by atoms with E-state index in [9.17, 15) is 13.2 Å². The molecule has 34 heavy (non-hydrogen) atoms. The van der Waals surface area contributed by atoms with Crippen molar-refractivity contribution >= 4 is 15.9 Å². The molecule has 3 aromatic rings. The minimum absolute atomic E-state index is 0.0414. The van der Waals surface area contributed by atoms with E-state index < -0.39 is 15.9 Å². The maximum absolute atomic E-state index is 12.7. The Balaban J connectivity index is 1.26. The number of sulfonamides is 1. The van der Waals surface area contributed by atoms with E-state index in [0.29, 0.717) is 35.6 Å². The average molecular weight is 485 g/mol. The monoisotopic (exact) mass is 484 g/mol. The number of rotatable bonds is 9. The van der Waals surface area contributed by atoms with Crippen LogP contribution in [-0.2, 0) is 17.1 Å². The van der Waals surface area contributed by atoms with Gasteiger partial charge < -0.3 is 4.74 Å². The van der Waals surface area contributed by atoms with E-state index in [2.05, 4.69) is 19.9 Å². The average Bonchev–Trinajstić information content (AvgIpc) is 3.70. The predicted octanol–water partition coefficient (Wildman–Crippen LogP) is 2.55. The van der Waals surface area contributed by atoms with Crippen LogP contribution >= 0.6 is 0 Å². The first-order valence-corrected chi connectivity index (χ1v) is 12.9. The van der Waals surface area contributed by atoms with Gasteiger partial charge in [0.05, 0.1) is 23.6 Å². The summed E-state index contributed by atoms with van der Waals surface area (Å²) >= 11 is 0. The topological polar surface area (TPSA) is 121 Å². The van der Waals surface area contributed by atoms with E-state index in [0.717, 1.165) is 11.8 Å². The summed E-state index contributed by atoms with van der Waals surface area (Å²) < 4.78 is 36.3. The summed E-state index contributed by atoms with van der Waals surface area (Å²) in [5, 5.41) is 8.49. The lowest BCUT2D eigenvalue weighted by molar-refractivity contribution is 0.0980. The molecule has 5 rings (SSSR count). The molecule has 1 amide bonds. The zero-order chi connectivity index (χ0) is 24.0. The highest BCUT2D eigenvalue weighted by molar-refractivity contribution is 7.90. The number of aryl methyl sites for hydroxylation is 3. The first kappa shape index (κ1) is 22.6. The molecule has 180 valence electrons. The Morgan fingerprint density at radius 1 is 1.12 bits per heavy atom. The lowest BCUT2D eigenvalue weighted by atomic mass is 9.99. The summed E-state index contributed by atoms with van der Waals surface area (Å²) in [6, 6.07) is 4.96. The number of aromatic nitrogens is 5. The van der Waals surface area contributed by atoms with Crippen LogP contribution in [0.25, 0.3) is 5.82 Å². The number of ether oxygens (including phenoxy) is 1. The first-order chi connectivity index (χ1) is 16.2. The van der Waals surface area contributed by atoms with E-state index in [1.807, 2.05) is 0 Å². The van der Waals surface area contributed by atoms with Crippen LogP contribution in [0, 0.1) is 31.6 Å². The largest absolute Gasteiger partial charge is 0.476 e. The van der Waals surface area contributed by atoms with E-state index in [-0.39, 0.29) is 10.5 Å². The van der Waals surface area contributed by atoms with Gasteiger partial charge in [-0.3, -0.25) is 9.48 Å². The smallest absolute Gasteiger partial charge is 0.267 e. The van der Waals surface area contributed by atoms with Crippen molar-refractivity contribution < 1.29 is 17.9 Å². The number of carbonyl (C=O) groups excluding carboxylic acids is 1. The highest BCUT2D eigenvalue weighted by Gasteiger charge is 2.41. The summed E-state index contributed by atoms with van der Waals surface area (Å²) in [7, 11) is -2.44. The molecule has 10 nitrogen and oxygen atoms in total. The van der Waals surface area contributed by atoms with Gasteiger partial charge in [-0.2, -0.15) is 5.10 Å². The normalized spacial score (nSPS) is 16.1. The van der Waals surface area contributed by atoms with Crippen LogP contribution in [0.4, 0.5) is 0 Å². The Morgan fingerprint density at radius 3 is 2.41 bits per heavy atom. The van der Waals surface area contributed by atoms with Crippen molar-refractivity contribution in [2.24, 2.45) is 24.8 Å². The number of nitrogens with zero attached hydrogens (tertiary/aromatic N) is 5. The van der Waals surface area contributed by atoms with Gasteiger partial charge in [0.25, 0.3) is 15.9 Å². The lowest BCUT2D eigenvalue weighted by Gasteiger charge is -2.14. The quantitative estimate of drug-likeness (QED) is 0.495. The zero-order valence-corrected chi connectivity index (χ0v) is 20.2. The van der Waals surface area contributed by atoms with Gasteiger partial charge >= 0.3 is 0 Å². The second-order valence-electron chi connectivity index (χ2n) is 9.24. The molecule has 11 heteroatoms. The maximum Gasteiger partial charge on any atom is 0.267 e. The number of carbonyl (C=O) groups is 1. The fraction of sp³-hybridized carbons (Fsp3) is 0.478. The summed E-state index contributed by atoms with van der Waals surface area (Å²) in [6.07, 6.45) is 8.36. The maximum atomic E-state index is 12.7. The molecule has 2 fully saturated rings. The van der Waals surface area contributed by atoms with Crippen LogP contribution in [0.2, 0.25) is 0 Å². The second-order valence-corrected chi connectivity index (χ2v) is 10.9. The highest BCUT2D eigenvalue weighted by Crippen LogP contribution is 2.49. The molecule has 0 aromatic carbocycles. The molecular formula is C23H28N6O4S. The first-order valence-electron chi connectivity index (χ1n) is 11.4. The fourth-order valence-electron chi connectivity index (χ4n) is 4.39. The summed E-state index contributed by atoms with van der Waals surface area (Å²) in [6.45, 7) is 3.92. The van der Waals surface area contributed by atoms with Gasteiger partial charge in [0.1, 0.15) is 4.90 Å². The molecule has 3 heterocycles. The predicted molar refractivity (Wildman–Crippen MR) is 123 cm³/mol. The molecule has 1 N–H and O–H groups in total. The van der Waals surface area contributed by atoms with Crippen LogP contribution in [0.15, 0.2) is 35.5 Å². The Hall–Kier alpha value is -3.21. The van der Waals surface area contributed by atoms with E-state index in [1.165, 1.54) is 42.6 Å². The van der Waals surface area contributed by atoms with Crippen LogP contribution in [0.5, 0.6) is 5.88 Å². The van der Waals surface area contributed by atoms with Gasteiger partial charge in [0.15, 0.2) is 5.82 Å². The van der Waals surface area contributed by atoms with Crippen LogP contribution < -0.4 is 9.46 Å². The molecule has 2 aliphatic rings. The Kier molecular flexibility index (Phi) is 5.67. The van der Waals surface area contributed by atoms with E-state index in [4.69, 9.17) is 4.74 Å². The third-order valence-corrected chi connectivity index (χ3v) is 7.91. The number of hydrogen-bond acceptors (Lipinski definition) is 7. The molecular weight excluding hydrogens is 456 g/mol. The van der Waals surface area contributed by atoms with Gasteiger partial charge in [-0.25, -0.2) is 22.8 Å². The molecule has 0 atom stereocenters. The molecule has 3 aromatic heterocycles. The molecule has 0 radical (unpaired) electrons. The molecule has 2 saturated carbocycles. The van der Waals surface area contributed by atoms with Crippen molar-refractivity contribution in [2.45, 2.75) is 44.4 Å². The van der Waals surface area contributed by atoms with Crippen molar-refractivity contribution in [3.8, 4) is 11.7 Å². The lowest BCUT2D eigenvalue weighted by Crippen LogP contribution is -2.31. The van der Waals surface area contributed by atoms with Gasteiger partial charge in [0.2, 0.25) is 5.88 Å². The minimum Gasteiger partial charge on any atom is -0.476 e. The van der Waals surface area contributed by atoms with Crippen molar-refractivity contribution in [1.82, 2.24) is 29.3 Å². The van der Waals surface area contributed by atoms with E-state index >= 15 is 0 Å².